The lowest BCUT2D eigenvalue weighted by Crippen LogP contribution is -2.21. The third-order valence-corrected chi connectivity index (χ3v) is 2.85. The maximum atomic E-state index is 10.8. The van der Waals surface area contributed by atoms with Crippen molar-refractivity contribution in [2.45, 2.75) is 25.8 Å². The van der Waals surface area contributed by atoms with Crippen LogP contribution in [0.3, 0.4) is 0 Å². The first-order valence-corrected chi connectivity index (χ1v) is 5.31. The van der Waals surface area contributed by atoms with Crippen LogP contribution in [-0.2, 0) is 4.74 Å². The van der Waals surface area contributed by atoms with Crippen molar-refractivity contribution in [3.8, 4) is 0 Å². The Morgan fingerprint density at radius 2 is 2.31 bits per heavy atom. The molecule has 0 aliphatic carbocycles. The van der Waals surface area contributed by atoms with Crippen LogP contribution in [0.4, 0.5) is 5.69 Å². The quantitative estimate of drug-likeness (QED) is 0.592. The fourth-order valence-corrected chi connectivity index (χ4v) is 2.08. The van der Waals surface area contributed by atoms with E-state index >= 15 is 0 Å². The molecule has 0 atom stereocenters. The summed E-state index contributed by atoms with van der Waals surface area (Å²) in [7, 11) is 0. The molecule has 1 fully saturated rings. The molecular formula is C9H12ClN3O3. The number of rotatable bonds is 2. The number of halogens is 1. The van der Waals surface area contributed by atoms with Crippen LogP contribution in [-0.4, -0.2) is 27.9 Å². The Bertz CT molecular complexity index is 457. The van der Waals surface area contributed by atoms with Crippen LogP contribution in [0.25, 0.3) is 0 Å². The molecule has 0 saturated carbocycles. The molecule has 0 amide bonds. The molecule has 0 bridgehead atoms. The first-order chi connectivity index (χ1) is 7.96. The molecule has 0 spiro atoms. The highest BCUT2D eigenvalue weighted by atomic mass is 35.5. The van der Waals surface area contributed by atoms with Gasteiger partial charge in [0.2, 0.25) is 5.15 Å². The van der Waals surface area contributed by atoms with Crippen LogP contribution in [0.1, 0.15) is 25.9 Å². The van der Waals surface area contributed by atoms with Crippen molar-refractivity contribution in [2.75, 3.05) is 13.2 Å². The largest absolute Gasteiger partial charge is 0.381 e. The third kappa shape index (κ3) is 1.90. The van der Waals surface area contributed by atoms with E-state index in [0.29, 0.717) is 31.7 Å². The van der Waals surface area contributed by atoms with E-state index in [1.807, 2.05) is 0 Å². The molecule has 1 aromatic heterocycles. The van der Waals surface area contributed by atoms with Gasteiger partial charge in [0.15, 0.2) is 0 Å². The zero-order valence-electron chi connectivity index (χ0n) is 9.77. The molecule has 0 radical (unpaired) electrons. The van der Waals surface area contributed by atoms with Crippen LogP contribution in [0, 0.1) is 17.0 Å². The summed E-state index contributed by atoms with van der Waals surface area (Å²) in [5.41, 5.74) is 0.0988. The van der Waals surface area contributed by atoms with Gasteiger partial charge in [-0.3, -0.25) is 14.8 Å². The molecule has 2 heterocycles. The molecule has 1 aliphatic rings. The van der Waals surface area contributed by atoms with E-state index in [1.165, 1.54) is 4.68 Å². The van der Waals surface area contributed by atoms with Gasteiger partial charge in [0.25, 0.3) is 0 Å². The van der Waals surface area contributed by atoms with Gasteiger partial charge in [-0.25, -0.2) is 0 Å². The molecule has 0 N–H and O–H groups in total. The number of nitrogens with zero attached hydrogens (tertiary/aromatic N) is 3. The van der Waals surface area contributed by atoms with Gasteiger partial charge < -0.3 is 4.74 Å². The monoisotopic (exact) mass is 246 g/mol. The molecule has 6 nitrogen and oxygen atoms in total. The van der Waals surface area contributed by atoms with Crippen LogP contribution in [0.15, 0.2) is 0 Å². The minimum atomic E-state index is -1.000. The molecule has 16 heavy (non-hydrogen) atoms. The van der Waals surface area contributed by atoms with E-state index in [4.69, 9.17) is 17.7 Å². The average Bonchev–Trinajstić information content (AvgIpc) is 2.56. The Kier molecular flexibility index (Phi) is 2.75. The molecule has 7 heteroatoms. The predicted octanol–water partition coefficient (Wildman–Crippen LogP) is 2.10. The summed E-state index contributed by atoms with van der Waals surface area (Å²) in [4.78, 5) is 10.3. The van der Waals surface area contributed by atoms with Gasteiger partial charge in [0.05, 0.1) is 12.3 Å². The van der Waals surface area contributed by atoms with Gasteiger partial charge >= 0.3 is 5.69 Å². The van der Waals surface area contributed by atoms with Gasteiger partial charge in [0, 0.05) is 13.2 Å². The Morgan fingerprint density at radius 1 is 1.69 bits per heavy atom. The van der Waals surface area contributed by atoms with Gasteiger partial charge in [-0.05, 0) is 19.8 Å². The summed E-state index contributed by atoms with van der Waals surface area (Å²) < 4.78 is 14.8. The highest BCUT2D eigenvalue weighted by Gasteiger charge is 2.27. The fourth-order valence-electron chi connectivity index (χ4n) is 1.79. The number of hydrogen-bond acceptors (Lipinski definition) is 4. The van der Waals surface area contributed by atoms with Crippen molar-refractivity contribution in [1.82, 2.24) is 9.78 Å². The maximum Gasteiger partial charge on any atom is 0.328 e. The number of aromatic nitrogens is 2. The Labute approximate surface area is 98.7 Å². The van der Waals surface area contributed by atoms with E-state index in [0.717, 1.165) is 0 Å². The molecular weight excluding hydrogens is 234 g/mol. The number of nitro groups is 1. The summed E-state index contributed by atoms with van der Waals surface area (Å²) in [6.45, 7) is 2.46. The van der Waals surface area contributed by atoms with E-state index in [2.05, 4.69) is 5.10 Å². The van der Waals surface area contributed by atoms with Gasteiger partial charge in [-0.1, -0.05) is 11.6 Å². The Hall–Kier alpha value is -1.14. The lowest BCUT2D eigenvalue weighted by molar-refractivity contribution is -0.385. The normalized spacial score (nSPS) is 20.5. The number of ether oxygens (including phenoxy) is 1. The van der Waals surface area contributed by atoms with Crippen molar-refractivity contribution in [2.24, 2.45) is 0 Å². The second-order valence-corrected chi connectivity index (χ2v) is 3.93. The highest BCUT2D eigenvalue weighted by Crippen LogP contribution is 2.31. The second-order valence-electron chi connectivity index (χ2n) is 3.57. The number of hydrogen-bond donors (Lipinski definition) is 0. The summed E-state index contributed by atoms with van der Waals surface area (Å²) in [5.74, 6) is 0. The molecule has 88 valence electrons. The van der Waals surface area contributed by atoms with Crippen molar-refractivity contribution in [3.63, 3.8) is 0 Å². The minimum Gasteiger partial charge on any atom is -0.381 e. The standard InChI is InChI=1S/C9H12ClN3O3/c1-6-8(13(14)15)9(10)11-12(6)7-2-4-16-5-3-7/h7H,2-5H2,1H3/i7D. The van der Waals surface area contributed by atoms with E-state index in [-0.39, 0.29) is 10.8 Å². The topological polar surface area (TPSA) is 70.2 Å². The Morgan fingerprint density at radius 3 is 2.81 bits per heavy atom. The summed E-state index contributed by atoms with van der Waals surface area (Å²) in [5, 5.41) is 14.6. The summed E-state index contributed by atoms with van der Waals surface area (Å²) >= 11 is 5.74. The molecule has 1 aliphatic heterocycles. The van der Waals surface area contributed by atoms with Crippen LogP contribution in [0.5, 0.6) is 0 Å². The fraction of sp³-hybridized carbons (Fsp3) is 0.667. The summed E-state index contributed by atoms with van der Waals surface area (Å²) in [6, 6.07) is -1.000. The molecule has 1 aromatic rings. The van der Waals surface area contributed by atoms with Gasteiger partial charge in [0.1, 0.15) is 5.69 Å². The van der Waals surface area contributed by atoms with E-state index < -0.39 is 10.9 Å². The first kappa shape index (κ1) is 10.0. The average molecular weight is 247 g/mol. The molecule has 2 rings (SSSR count). The van der Waals surface area contributed by atoms with Crippen LogP contribution in [0.2, 0.25) is 5.15 Å². The lowest BCUT2D eigenvalue weighted by Gasteiger charge is -2.23. The highest BCUT2D eigenvalue weighted by molar-refractivity contribution is 6.31. The lowest BCUT2D eigenvalue weighted by atomic mass is 10.1. The minimum absolute atomic E-state index is 0.161. The van der Waals surface area contributed by atoms with Crippen molar-refractivity contribution in [1.29, 1.82) is 0 Å². The van der Waals surface area contributed by atoms with Crippen molar-refractivity contribution < 1.29 is 11.0 Å². The van der Waals surface area contributed by atoms with Crippen LogP contribution < -0.4 is 0 Å². The smallest absolute Gasteiger partial charge is 0.328 e. The predicted molar refractivity (Wildman–Crippen MR) is 57.7 cm³/mol. The second kappa shape index (κ2) is 4.39. The third-order valence-electron chi connectivity index (χ3n) is 2.60. The summed E-state index contributed by atoms with van der Waals surface area (Å²) in [6.07, 6.45) is 0.895. The van der Waals surface area contributed by atoms with E-state index in [1.54, 1.807) is 6.92 Å². The molecule has 0 aromatic carbocycles. The molecule has 0 unspecified atom stereocenters. The van der Waals surface area contributed by atoms with Gasteiger partial charge in [-0.2, -0.15) is 5.10 Å². The zero-order chi connectivity index (χ0) is 12.6. The van der Waals surface area contributed by atoms with Gasteiger partial charge in [-0.15, -0.1) is 0 Å². The van der Waals surface area contributed by atoms with Crippen molar-refractivity contribution in [3.05, 3.63) is 21.0 Å². The van der Waals surface area contributed by atoms with Crippen molar-refractivity contribution >= 4 is 17.3 Å². The van der Waals surface area contributed by atoms with Crippen LogP contribution >= 0.6 is 11.6 Å². The first-order valence-electron chi connectivity index (χ1n) is 5.43. The maximum absolute atomic E-state index is 10.8. The SMILES string of the molecule is [2H]C1(n2nc(Cl)c([N+](=O)[O-])c2C)CCOCC1. The zero-order valence-corrected chi connectivity index (χ0v) is 9.53. The molecule has 1 saturated heterocycles. The Balaban J connectivity index is 2.45. The van der Waals surface area contributed by atoms with E-state index in [9.17, 15) is 10.1 Å².